The molecule has 2 aromatic rings. The maximum absolute atomic E-state index is 12.2. The molecular weight excluding hydrogens is 264 g/mol. The number of hydrogen-bond acceptors (Lipinski definition) is 4. The molecule has 0 saturated heterocycles. The van der Waals surface area contributed by atoms with Gasteiger partial charge in [-0.25, -0.2) is 4.98 Å². The van der Waals surface area contributed by atoms with Crippen molar-refractivity contribution in [2.45, 2.75) is 13.8 Å². The van der Waals surface area contributed by atoms with Gasteiger partial charge in [-0.2, -0.15) is 0 Å². The highest BCUT2D eigenvalue weighted by Gasteiger charge is 2.13. The summed E-state index contributed by atoms with van der Waals surface area (Å²) in [5, 5.41) is 2.95. The van der Waals surface area contributed by atoms with Gasteiger partial charge in [0, 0.05) is 6.20 Å². The standard InChI is InChI=1S/C13H13ClN4O/c1-7-3-11(12(14)17-5-7)18-13(19)10-4-9(15)6-16-8(10)2/h3-6H,15H2,1-2H3,(H,18,19). The molecule has 2 heterocycles. The molecule has 0 atom stereocenters. The van der Waals surface area contributed by atoms with Gasteiger partial charge in [0.2, 0.25) is 0 Å². The molecule has 0 aliphatic heterocycles. The summed E-state index contributed by atoms with van der Waals surface area (Å²) in [6.45, 7) is 3.61. The van der Waals surface area contributed by atoms with E-state index in [4.69, 9.17) is 17.3 Å². The van der Waals surface area contributed by atoms with Crippen molar-refractivity contribution in [1.82, 2.24) is 9.97 Å². The van der Waals surface area contributed by atoms with Gasteiger partial charge in [0.25, 0.3) is 5.91 Å². The van der Waals surface area contributed by atoms with Gasteiger partial charge in [0.15, 0.2) is 5.15 Å². The Balaban J connectivity index is 2.30. The SMILES string of the molecule is Cc1cnc(Cl)c(NC(=O)c2cc(N)cnc2C)c1. The highest BCUT2D eigenvalue weighted by molar-refractivity contribution is 6.32. The van der Waals surface area contributed by atoms with Gasteiger partial charge >= 0.3 is 0 Å². The van der Waals surface area contributed by atoms with Crippen LogP contribution in [0.4, 0.5) is 11.4 Å². The minimum atomic E-state index is -0.313. The number of aromatic nitrogens is 2. The number of halogens is 1. The third-order valence-corrected chi connectivity index (χ3v) is 2.88. The van der Waals surface area contributed by atoms with Gasteiger partial charge in [-0.05, 0) is 31.5 Å². The average Bonchev–Trinajstić information content (AvgIpc) is 2.36. The van der Waals surface area contributed by atoms with E-state index in [0.29, 0.717) is 22.6 Å². The van der Waals surface area contributed by atoms with Crippen LogP contribution in [0.25, 0.3) is 0 Å². The van der Waals surface area contributed by atoms with Crippen molar-refractivity contribution in [3.63, 3.8) is 0 Å². The number of rotatable bonds is 2. The third-order valence-electron chi connectivity index (χ3n) is 2.58. The van der Waals surface area contributed by atoms with Crippen LogP contribution in [0.3, 0.4) is 0 Å². The van der Waals surface area contributed by atoms with E-state index in [9.17, 15) is 4.79 Å². The molecule has 6 heteroatoms. The van der Waals surface area contributed by atoms with Crippen LogP contribution in [0.15, 0.2) is 24.5 Å². The van der Waals surface area contributed by atoms with Gasteiger partial charge in [0.1, 0.15) is 0 Å². The zero-order valence-corrected chi connectivity index (χ0v) is 11.3. The Bertz CT molecular complexity index is 643. The van der Waals surface area contributed by atoms with Crippen LogP contribution in [-0.2, 0) is 0 Å². The lowest BCUT2D eigenvalue weighted by molar-refractivity contribution is 0.102. The fourth-order valence-electron chi connectivity index (χ4n) is 1.61. The van der Waals surface area contributed by atoms with Gasteiger partial charge < -0.3 is 11.1 Å². The van der Waals surface area contributed by atoms with Crippen molar-refractivity contribution in [3.05, 3.63) is 46.5 Å². The molecule has 2 aromatic heterocycles. The Kier molecular flexibility index (Phi) is 3.66. The number of nitrogens with zero attached hydrogens (tertiary/aromatic N) is 2. The maximum atomic E-state index is 12.2. The monoisotopic (exact) mass is 276 g/mol. The number of nitrogen functional groups attached to an aromatic ring is 1. The zero-order chi connectivity index (χ0) is 14.0. The first-order chi connectivity index (χ1) is 8.97. The Labute approximate surface area is 115 Å². The summed E-state index contributed by atoms with van der Waals surface area (Å²) in [6, 6.07) is 3.33. The highest BCUT2D eigenvalue weighted by Crippen LogP contribution is 2.21. The number of hydrogen-bond donors (Lipinski definition) is 2. The van der Waals surface area contributed by atoms with E-state index in [2.05, 4.69) is 15.3 Å². The zero-order valence-electron chi connectivity index (χ0n) is 10.6. The number of nitrogens with one attached hydrogen (secondary N) is 1. The van der Waals surface area contributed by atoms with Crippen molar-refractivity contribution < 1.29 is 4.79 Å². The van der Waals surface area contributed by atoms with E-state index >= 15 is 0 Å². The predicted molar refractivity (Wildman–Crippen MR) is 75.3 cm³/mol. The number of nitrogens with two attached hydrogens (primary N) is 1. The van der Waals surface area contributed by atoms with Crippen molar-refractivity contribution in [1.29, 1.82) is 0 Å². The fourth-order valence-corrected chi connectivity index (χ4v) is 1.76. The van der Waals surface area contributed by atoms with Crippen molar-refractivity contribution in [2.24, 2.45) is 0 Å². The molecule has 1 amide bonds. The lowest BCUT2D eigenvalue weighted by Crippen LogP contribution is -2.15. The van der Waals surface area contributed by atoms with Gasteiger partial charge in [-0.3, -0.25) is 9.78 Å². The van der Waals surface area contributed by atoms with E-state index in [1.807, 2.05) is 6.92 Å². The molecule has 0 bridgehead atoms. The minimum absolute atomic E-state index is 0.244. The number of aryl methyl sites for hydroxylation is 2. The van der Waals surface area contributed by atoms with Crippen LogP contribution in [-0.4, -0.2) is 15.9 Å². The smallest absolute Gasteiger partial charge is 0.257 e. The minimum Gasteiger partial charge on any atom is -0.397 e. The van der Waals surface area contributed by atoms with Crippen LogP contribution in [0.1, 0.15) is 21.6 Å². The first-order valence-corrected chi connectivity index (χ1v) is 6.01. The molecule has 0 radical (unpaired) electrons. The lowest BCUT2D eigenvalue weighted by Gasteiger charge is -2.09. The molecule has 0 aliphatic rings. The van der Waals surface area contributed by atoms with E-state index in [-0.39, 0.29) is 11.1 Å². The molecule has 2 rings (SSSR count). The first-order valence-electron chi connectivity index (χ1n) is 5.63. The quantitative estimate of drug-likeness (QED) is 0.826. The number of pyridine rings is 2. The molecule has 0 saturated carbocycles. The predicted octanol–water partition coefficient (Wildman–Crippen LogP) is 2.58. The summed E-state index contributed by atoms with van der Waals surface area (Å²) < 4.78 is 0. The fraction of sp³-hybridized carbons (Fsp3) is 0.154. The van der Waals surface area contributed by atoms with E-state index in [1.54, 1.807) is 25.3 Å². The maximum Gasteiger partial charge on any atom is 0.257 e. The van der Waals surface area contributed by atoms with E-state index < -0.39 is 0 Å². The van der Waals surface area contributed by atoms with Gasteiger partial charge in [-0.15, -0.1) is 0 Å². The lowest BCUT2D eigenvalue weighted by atomic mass is 10.1. The summed E-state index contributed by atoms with van der Waals surface area (Å²) >= 11 is 5.93. The molecule has 0 fully saturated rings. The van der Waals surface area contributed by atoms with E-state index in [1.165, 1.54) is 6.20 Å². The van der Waals surface area contributed by atoms with Crippen molar-refractivity contribution in [3.8, 4) is 0 Å². The van der Waals surface area contributed by atoms with Crippen LogP contribution in [0.5, 0.6) is 0 Å². The molecule has 19 heavy (non-hydrogen) atoms. The Morgan fingerprint density at radius 3 is 2.74 bits per heavy atom. The van der Waals surface area contributed by atoms with Crippen LogP contribution < -0.4 is 11.1 Å². The Hall–Kier alpha value is -2.14. The molecular formula is C13H13ClN4O. The first kappa shape index (κ1) is 13.3. The number of carbonyl (C=O) groups is 1. The summed E-state index contributed by atoms with van der Waals surface area (Å²) in [7, 11) is 0. The molecule has 0 unspecified atom stereocenters. The normalized spacial score (nSPS) is 10.3. The van der Waals surface area contributed by atoms with Crippen LogP contribution in [0, 0.1) is 13.8 Å². The molecule has 0 aromatic carbocycles. The second-order valence-corrected chi connectivity index (χ2v) is 4.56. The summed E-state index contributed by atoms with van der Waals surface area (Å²) in [6.07, 6.45) is 3.14. The Morgan fingerprint density at radius 1 is 1.26 bits per heavy atom. The number of anilines is 2. The van der Waals surface area contributed by atoms with Crippen LogP contribution >= 0.6 is 11.6 Å². The molecule has 98 valence electrons. The number of carbonyl (C=O) groups excluding carboxylic acids is 1. The van der Waals surface area contributed by atoms with Crippen molar-refractivity contribution >= 4 is 28.9 Å². The Morgan fingerprint density at radius 2 is 2.00 bits per heavy atom. The second kappa shape index (κ2) is 5.24. The molecule has 5 nitrogen and oxygen atoms in total. The van der Waals surface area contributed by atoms with Gasteiger partial charge in [0.05, 0.1) is 28.8 Å². The number of amides is 1. The highest BCUT2D eigenvalue weighted by atomic mass is 35.5. The molecule has 0 spiro atoms. The third kappa shape index (κ3) is 3.00. The summed E-state index contributed by atoms with van der Waals surface area (Å²) in [5.41, 5.74) is 8.45. The molecule has 3 N–H and O–H groups in total. The summed E-state index contributed by atoms with van der Waals surface area (Å²) in [5.74, 6) is -0.313. The molecule has 0 aliphatic carbocycles. The second-order valence-electron chi connectivity index (χ2n) is 4.21. The van der Waals surface area contributed by atoms with Gasteiger partial charge in [-0.1, -0.05) is 11.6 Å². The van der Waals surface area contributed by atoms with Crippen molar-refractivity contribution in [2.75, 3.05) is 11.1 Å². The van der Waals surface area contributed by atoms with Crippen LogP contribution in [0.2, 0.25) is 5.15 Å². The average molecular weight is 277 g/mol. The largest absolute Gasteiger partial charge is 0.397 e. The summed E-state index contributed by atoms with van der Waals surface area (Å²) in [4.78, 5) is 20.2. The van der Waals surface area contributed by atoms with E-state index in [0.717, 1.165) is 5.56 Å². The topological polar surface area (TPSA) is 80.9 Å².